The highest BCUT2D eigenvalue weighted by atomic mass is 16.7. The number of carbonyl (C=O) groups is 1. The van der Waals surface area contributed by atoms with Gasteiger partial charge in [0.05, 0.1) is 5.69 Å². The van der Waals surface area contributed by atoms with Crippen LogP contribution >= 0.6 is 0 Å². The van der Waals surface area contributed by atoms with E-state index >= 15 is 0 Å². The molecule has 7 nitrogen and oxygen atoms in total. The Labute approximate surface area is 123 Å². The first-order valence-corrected chi connectivity index (χ1v) is 6.81. The third kappa shape index (κ3) is 4.14. The predicted octanol–water partition coefficient (Wildman–Crippen LogP) is 2.67. The molecule has 0 saturated heterocycles. The van der Waals surface area contributed by atoms with E-state index in [0.29, 0.717) is 18.8 Å². The number of aromatic nitrogens is 1. The maximum absolute atomic E-state index is 12.0. The summed E-state index contributed by atoms with van der Waals surface area (Å²) in [5, 5.41) is 6.62. The number of nitrogens with zero attached hydrogens (tertiary/aromatic N) is 2. The Morgan fingerprint density at radius 3 is 2.62 bits per heavy atom. The Hall–Kier alpha value is -2.18. The lowest BCUT2D eigenvalue weighted by molar-refractivity contribution is -0.0306. The van der Waals surface area contributed by atoms with E-state index in [4.69, 9.17) is 14.0 Å². The molecule has 0 atom stereocenters. The van der Waals surface area contributed by atoms with Crippen LogP contribution in [-0.4, -0.2) is 36.0 Å². The van der Waals surface area contributed by atoms with Crippen LogP contribution in [0.1, 0.15) is 32.9 Å². The van der Waals surface area contributed by atoms with Gasteiger partial charge in [-0.15, -0.1) is 0 Å². The quantitative estimate of drug-likeness (QED) is 0.924. The summed E-state index contributed by atoms with van der Waals surface area (Å²) in [7, 11) is 1.69. The van der Waals surface area contributed by atoms with Gasteiger partial charge in [0.2, 0.25) is 12.2 Å². The van der Waals surface area contributed by atoms with E-state index in [1.165, 1.54) is 17.4 Å². The van der Waals surface area contributed by atoms with Crippen LogP contribution in [0.4, 0.5) is 10.7 Å². The van der Waals surface area contributed by atoms with Crippen molar-refractivity contribution in [2.75, 3.05) is 18.9 Å². The molecule has 0 bridgehead atoms. The van der Waals surface area contributed by atoms with Crippen molar-refractivity contribution in [3.05, 3.63) is 24.3 Å². The summed E-state index contributed by atoms with van der Waals surface area (Å²) in [6.45, 7) is 6.58. The van der Waals surface area contributed by atoms with Crippen molar-refractivity contribution in [1.29, 1.82) is 0 Å². The Balaban J connectivity index is 1.81. The number of ether oxygens (including phenoxy) is 2. The molecule has 0 radical (unpaired) electrons. The molecular weight excluding hydrogens is 274 g/mol. The summed E-state index contributed by atoms with van der Waals surface area (Å²) in [5.74, 6) is 0.340. The van der Waals surface area contributed by atoms with Gasteiger partial charge in [0, 0.05) is 31.5 Å². The molecule has 1 aliphatic rings. The zero-order chi connectivity index (χ0) is 15.5. The van der Waals surface area contributed by atoms with Gasteiger partial charge in [0.25, 0.3) is 0 Å². The molecule has 1 aliphatic heterocycles. The monoisotopic (exact) mass is 295 g/mol. The van der Waals surface area contributed by atoms with E-state index in [2.05, 4.69) is 10.5 Å². The van der Waals surface area contributed by atoms with Gasteiger partial charge in [-0.2, -0.15) is 0 Å². The number of hydrogen-bond acceptors (Lipinski definition) is 5. The minimum atomic E-state index is -0.321. The Bertz CT molecular complexity index is 511. The van der Waals surface area contributed by atoms with Gasteiger partial charge >= 0.3 is 6.03 Å². The summed E-state index contributed by atoms with van der Waals surface area (Å²) in [5.41, 5.74) is 0.669. The van der Waals surface area contributed by atoms with Crippen LogP contribution in [0, 0.1) is 0 Å². The maximum Gasteiger partial charge on any atom is 0.323 e. The number of carbonyl (C=O) groups excluding carboxylic acids is 1. The highest BCUT2D eigenvalue weighted by Gasteiger charge is 2.21. The lowest BCUT2D eigenvalue weighted by Crippen LogP contribution is -2.33. The van der Waals surface area contributed by atoms with Crippen molar-refractivity contribution >= 4 is 11.9 Å². The highest BCUT2D eigenvalue weighted by Crippen LogP contribution is 2.23. The Morgan fingerprint density at radius 1 is 1.38 bits per heavy atom. The molecule has 0 unspecified atom stereocenters. The molecule has 1 N–H and O–H groups in total. The summed E-state index contributed by atoms with van der Waals surface area (Å²) in [4.78, 5) is 13.5. The molecule has 2 amide bonds. The van der Waals surface area contributed by atoms with Gasteiger partial charge in [0.15, 0.2) is 0 Å². The maximum atomic E-state index is 12.0. The third-order valence-electron chi connectivity index (χ3n) is 3.07. The SMILES string of the molecule is CN(CCC1OC=CO1)C(=O)Nc1cc(C(C)(C)C)no1. The van der Waals surface area contributed by atoms with Crippen molar-refractivity contribution in [1.82, 2.24) is 10.1 Å². The number of rotatable bonds is 4. The summed E-state index contributed by atoms with van der Waals surface area (Å²) >= 11 is 0. The molecule has 0 saturated carbocycles. The molecular formula is C14H21N3O4. The van der Waals surface area contributed by atoms with Crippen molar-refractivity contribution in [2.24, 2.45) is 0 Å². The fraction of sp³-hybridized carbons (Fsp3) is 0.571. The van der Waals surface area contributed by atoms with Crippen LogP contribution in [-0.2, 0) is 14.9 Å². The van der Waals surface area contributed by atoms with E-state index in [1.807, 2.05) is 20.8 Å². The number of urea groups is 1. The molecule has 0 spiro atoms. The van der Waals surface area contributed by atoms with Gasteiger partial charge in [-0.25, -0.2) is 4.79 Å². The van der Waals surface area contributed by atoms with Crippen LogP contribution < -0.4 is 5.32 Å². The molecule has 21 heavy (non-hydrogen) atoms. The molecule has 2 rings (SSSR count). The summed E-state index contributed by atoms with van der Waals surface area (Å²) < 4.78 is 15.4. The first-order chi connectivity index (χ1) is 9.86. The molecule has 7 heteroatoms. The van der Waals surface area contributed by atoms with Gasteiger partial charge in [-0.3, -0.25) is 5.32 Å². The van der Waals surface area contributed by atoms with Crippen LogP contribution in [0.2, 0.25) is 0 Å². The van der Waals surface area contributed by atoms with E-state index in [-0.39, 0.29) is 17.7 Å². The minimum absolute atomic E-state index is 0.122. The van der Waals surface area contributed by atoms with Gasteiger partial charge in [-0.05, 0) is 0 Å². The summed E-state index contributed by atoms with van der Waals surface area (Å²) in [6.07, 6.45) is 3.25. The number of anilines is 1. The standard InChI is InChI=1S/C14H21N3O4/c1-14(2,3)10-9-11(21-16-10)15-13(18)17(4)6-5-12-19-7-8-20-12/h7-9,12H,5-6H2,1-4H3,(H,15,18). The fourth-order valence-corrected chi connectivity index (χ4v) is 1.70. The van der Waals surface area contributed by atoms with Crippen molar-refractivity contribution in [2.45, 2.75) is 38.9 Å². The van der Waals surface area contributed by atoms with Gasteiger partial charge < -0.3 is 18.9 Å². The zero-order valence-corrected chi connectivity index (χ0v) is 12.8. The first kappa shape index (κ1) is 15.2. The molecule has 2 heterocycles. The number of nitrogens with one attached hydrogen (secondary N) is 1. The average Bonchev–Trinajstić information content (AvgIpc) is 3.05. The number of hydrogen-bond donors (Lipinski definition) is 1. The smallest absolute Gasteiger partial charge is 0.323 e. The van der Waals surface area contributed by atoms with E-state index in [0.717, 1.165) is 5.69 Å². The lowest BCUT2D eigenvalue weighted by atomic mass is 9.92. The van der Waals surface area contributed by atoms with Crippen LogP contribution in [0.15, 0.2) is 23.1 Å². The van der Waals surface area contributed by atoms with Crippen molar-refractivity contribution in [3.63, 3.8) is 0 Å². The molecule has 116 valence electrons. The second kappa shape index (κ2) is 6.07. The fourth-order valence-electron chi connectivity index (χ4n) is 1.70. The van der Waals surface area contributed by atoms with Crippen molar-refractivity contribution in [3.8, 4) is 0 Å². The van der Waals surface area contributed by atoms with Crippen molar-refractivity contribution < 1.29 is 18.8 Å². The van der Waals surface area contributed by atoms with E-state index < -0.39 is 0 Å². The predicted molar refractivity (Wildman–Crippen MR) is 76.6 cm³/mol. The normalized spacial score (nSPS) is 14.7. The highest BCUT2D eigenvalue weighted by molar-refractivity contribution is 5.87. The summed E-state index contributed by atoms with van der Waals surface area (Å²) in [6, 6.07) is 1.47. The van der Waals surface area contributed by atoms with E-state index in [9.17, 15) is 4.79 Å². The molecule has 0 aliphatic carbocycles. The third-order valence-corrected chi connectivity index (χ3v) is 3.07. The molecule has 0 aromatic carbocycles. The van der Waals surface area contributed by atoms with Gasteiger partial charge in [-0.1, -0.05) is 25.9 Å². The second-order valence-corrected chi connectivity index (χ2v) is 5.94. The first-order valence-electron chi connectivity index (χ1n) is 6.81. The topological polar surface area (TPSA) is 76.8 Å². The zero-order valence-electron chi connectivity index (χ0n) is 12.8. The second-order valence-electron chi connectivity index (χ2n) is 5.94. The lowest BCUT2D eigenvalue weighted by Gasteiger charge is -2.18. The van der Waals surface area contributed by atoms with Crippen LogP contribution in [0.25, 0.3) is 0 Å². The largest absolute Gasteiger partial charge is 0.459 e. The van der Waals surface area contributed by atoms with E-state index in [1.54, 1.807) is 13.1 Å². The molecule has 1 aromatic rings. The number of amides is 2. The Morgan fingerprint density at radius 2 is 2.05 bits per heavy atom. The van der Waals surface area contributed by atoms with Crippen LogP contribution in [0.3, 0.4) is 0 Å². The molecule has 0 fully saturated rings. The Kier molecular flexibility index (Phi) is 4.40. The molecule has 1 aromatic heterocycles. The minimum Gasteiger partial charge on any atom is -0.459 e. The van der Waals surface area contributed by atoms with Gasteiger partial charge in [0.1, 0.15) is 12.5 Å². The average molecular weight is 295 g/mol. The van der Waals surface area contributed by atoms with Crippen LogP contribution in [0.5, 0.6) is 0 Å².